The van der Waals surface area contributed by atoms with Gasteiger partial charge in [-0.15, -0.1) is 9.24 Å². The van der Waals surface area contributed by atoms with Crippen LogP contribution in [0, 0.1) is 0 Å². The van der Waals surface area contributed by atoms with Crippen LogP contribution in [-0.2, 0) is 10.8 Å². The summed E-state index contributed by atoms with van der Waals surface area (Å²) in [5.74, 6) is 0. The molecule has 4 aromatic carbocycles. The largest absolute Gasteiger partial charge is 0.105 e. The van der Waals surface area contributed by atoms with E-state index < -0.39 is 0 Å². The van der Waals surface area contributed by atoms with Crippen LogP contribution in [0.4, 0.5) is 0 Å². The van der Waals surface area contributed by atoms with Gasteiger partial charge in [-0.3, -0.25) is 0 Å². The highest BCUT2D eigenvalue weighted by Gasteiger charge is 2.31. The van der Waals surface area contributed by atoms with Crippen molar-refractivity contribution >= 4 is 36.1 Å². The molecule has 0 aliphatic carbocycles. The van der Waals surface area contributed by atoms with Gasteiger partial charge in [0, 0.05) is 0 Å². The molecule has 148 valence electrons. The van der Waals surface area contributed by atoms with Gasteiger partial charge in [0.25, 0.3) is 0 Å². The van der Waals surface area contributed by atoms with Crippen molar-refractivity contribution in [2.75, 3.05) is 0 Å². The van der Waals surface area contributed by atoms with Crippen molar-refractivity contribution in [3.8, 4) is 11.1 Å². The van der Waals surface area contributed by atoms with Gasteiger partial charge in [-0.1, -0.05) is 108 Å². The van der Waals surface area contributed by atoms with Gasteiger partial charge >= 0.3 is 0 Å². The van der Waals surface area contributed by atoms with Crippen LogP contribution < -0.4 is 5.30 Å². The Morgan fingerprint density at radius 3 is 1.69 bits per heavy atom. The van der Waals surface area contributed by atoms with E-state index in [1.54, 1.807) is 0 Å². The highest BCUT2D eigenvalue weighted by molar-refractivity contribution is 7.28. The molecule has 0 radical (unpaired) electrons. The number of rotatable bonds is 1. The summed E-state index contributed by atoms with van der Waals surface area (Å²) in [7, 11) is 3.12. The average molecular weight is 399 g/mol. The van der Waals surface area contributed by atoms with Crippen LogP contribution in [0.15, 0.2) is 66.7 Å². The fourth-order valence-electron chi connectivity index (χ4n) is 4.75. The minimum Gasteiger partial charge on any atom is -0.105 e. The van der Waals surface area contributed by atoms with E-state index in [0.29, 0.717) is 0 Å². The van der Waals surface area contributed by atoms with Gasteiger partial charge in [-0.25, -0.2) is 0 Å². The summed E-state index contributed by atoms with van der Waals surface area (Å²) in [6, 6.07) is 24.3. The van der Waals surface area contributed by atoms with Crippen molar-refractivity contribution in [3.05, 3.63) is 77.9 Å². The van der Waals surface area contributed by atoms with Gasteiger partial charge in [-0.05, 0) is 59.9 Å². The molecule has 1 atom stereocenters. The third-order valence-corrected chi connectivity index (χ3v) is 6.39. The first kappa shape index (κ1) is 20.1. The third-order valence-electron chi connectivity index (χ3n) is 5.81. The second kappa shape index (κ2) is 6.96. The second-order valence-electron chi connectivity index (χ2n) is 10.1. The second-order valence-corrected chi connectivity index (χ2v) is 10.7. The highest BCUT2D eigenvalue weighted by Crippen LogP contribution is 2.43. The summed E-state index contributed by atoms with van der Waals surface area (Å²) < 4.78 is 0. The molecule has 0 heterocycles. The fraction of sp³-hybridized carbons (Fsp3) is 0.286. The first-order valence-electron chi connectivity index (χ1n) is 10.4. The monoisotopic (exact) mass is 398 g/mol. The normalized spacial score (nSPS) is 12.7. The molecule has 0 nitrogen and oxygen atoms in total. The van der Waals surface area contributed by atoms with Crippen LogP contribution in [0.25, 0.3) is 32.7 Å². The molecule has 0 amide bonds. The third kappa shape index (κ3) is 3.38. The lowest BCUT2D eigenvalue weighted by atomic mass is 9.71. The van der Waals surface area contributed by atoms with Crippen LogP contribution >= 0.6 is 9.24 Å². The maximum Gasteiger partial charge on any atom is -0.00243 e. The molecule has 0 aliphatic rings. The van der Waals surface area contributed by atoms with Crippen molar-refractivity contribution < 1.29 is 0 Å². The lowest BCUT2D eigenvalue weighted by molar-refractivity contribution is 0.538. The summed E-state index contributed by atoms with van der Waals surface area (Å²) in [6.07, 6.45) is 0. The van der Waals surface area contributed by atoms with Crippen LogP contribution in [0.3, 0.4) is 0 Å². The minimum absolute atomic E-state index is 0.0447. The molecule has 29 heavy (non-hydrogen) atoms. The Morgan fingerprint density at radius 1 is 0.552 bits per heavy atom. The number of benzene rings is 4. The quantitative estimate of drug-likeness (QED) is 0.287. The number of hydrogen-bond donors (Lipinski definition) is 0. The average Bonchev–Trinajstić information content (AvgIpc) is 2.65. The molecule has 1 heteroatoms. The molecule has 0 saturated heterocycles. The molecule has 0 N–H and O–H groups in total. The number of fused-ring (bicyclic) bond motifs is 2. The Morgan fingerprint density at radius 2 is 1.07 bits per heavy atom. The zero-order valence-electron chi connectivity index (χ0n) is 18.4. The van der Waals surface area contributed by atoms with Gasteiger partial charge in [0.05, 0.1) is 0 Å². The van der Waals surface area contributed by atoms with Crippen molar-refractivity contribution in [2.24, 2.45) is 0 Å². The SMILES string of the molecule is CC(C)(C)c1c(P)c(-c2cccc3ccccc23)c2ccccc2c1C(C)(C)C. The Hall–Kier alpha value is -2.17. The molecule has 4 rings (SSSR count). The molecule has 1 unspecified atom stereocenters. The maximum absolute atomic E-state index is 3.12. The molecule has 0 bridgehead atoms. The fourth-order valence-corrected chi connectivity index (χ4v) is 5.64. The summed E-state index contributed by atoms with van der Waals surface area (Å²) in [5, 5.41) is 6.64. The summed E-state index contributed by atoms with van der Waals surface area (Å²) in [4.78, 5) is 0. The summed E-state index contributed by atoms with van der Waals surface area (Å²) in [5.41, 5.74) is 5.69. The van der Waals surface area contributed by atoms with E-state index in [-0.39, 0.29) is 10.8 Å². The number of hydrogen-bond acceptors (Lipinski definition) is 0. The zero-order chi connectivity index (χ0) is 21.0. The molecule has 0 fully saturated rings. The van der Waals surface area contributed by atoms with Gasteiger partial charge in [0.15, 0.2) is 0 Å². The van der Waals surface area contributed by atoms with Crippen molar-refractivity contribution in [1.82, 2.24) is 0 Å². The minimum atomic E-state index is 0.0447. The van der Waals surface area contributed by atoms with Crippen molar-refractivity contribution in [2.45, 2.75) is 52.4 Å². The molecule has 0 saturated carbocycles. The first-order chi connectivity index (χ1) is 13.6. The Kier molecular flexibility index (Phi) is 4.83. The molecule has 0 aromatic heterocycles. The predicted molar refractivity (Wildman–Crippen MR) is 134 cm³/mol. The van der Waals surface area contributed by atoms with E-state index in [2.05, 4.69) is 118 Å². The van der Waals surface area contributed by atoms with Gasteiger partial charge in [-0.2, -0.15) is 0 Å². The lowest BCUT2D eigenvalue weighted by Crippen LogP contribution is -2.29. The Labute approximate surface area is 177 Å². The molecule has 0 aliphatic heterocycles. The molecular formula is C28H31P. The first-order valence-corrected chi connectivity index (χ1v) is 11.0. The Balaban J connectivity index is 2.27. The van der Waals surface area contributed by atoms with Gasteiger partial charge < -0.3 is 0 Å². The summed E-state index contributed by atoms with van der Waals surface area (Å²) in [6.45, 7) is 14.0. The predicted octanol–water partition coefficient (Wildman–Crippen LogP) is 7.76. The Bertz CT molecular complexity index is 1210. The van der Waals surface area contributed by atoms with E-state index in [4.69, 9.17) is 0 Å². The zero-order valence-corrected chi connectivity index (χ0v) is 19.6. The summed E-state index contributed by atoms with van der Waals surface area (Å²) >= 11 is 0. The van der Waals surface area contributed by atoms with Crippen LogP contribution in [0.1, 0.15) is 52.7 Å². The molecule has 0 spiro atoms. The van der Waals surface area contributed by atoms with Crippen LogP contribution in [-0.4, -0.2) is 0 Å². The standard InChI is InChI=1S/C28H31P/c1-27(2,3)24-22-16-10-9-15-21(22)23(26(29)25(24)28(4,5)6)20-17-11-13-18-12-7-8-14-19(18)20/h7-17H,29H2,1-6H3. The maximum atomic E-state index is 3.12. The topological polar surface area (TPSA) is 0 Å². The highest BCUT2D eigenvalue weighted by atomic mass is 31.0. The van der Waals surface area contributed by atoms with E-state index in [1.807, 2.05) is 0 Å². The van der Waals surface area contributed by atoms with E-state index >= 15 is 0 Å². The van der Waals surface area contributed by atoms with E-state index in [1.165, 1.54) is 49.1 Å². The van der Waals surface area contributed by atoms with Crippen molar-refractivity contribution in [1.29, 1.82) is 0 Å². The molecule has 4 aromatic rings. The van der Waals surface area contributed by atoms with Crippen LogP contribution in [0.5, 0.6) is 0 Å². The lowest BCUT2D eigenvalue weighted by Gasteiger charge is -2.35. The van der Waals surface area contributed by atoms with Crippen molar-refractivity contribution in [3.63, 3.8) is 0 Å². The van der Waals surface area contributed by atoms with E-state index in [0.717, 1.165) is 0 Å². The van der Waals surface area contributed by atoms with Gasteiger partial charge in [0.2, 0.25) is 0 Å². The van der Waals surface area contributed by atoms with E-state index in [9.17, 15) is 0 Å². The smallest absolute Gasteiger partial charge is 0.00243 e. The van der Waals surface area contributed by atoms with Crippen LogP contribution in [0.2, 0.25) is 0 Å². The molecular weight excluding hydrogens is 367 g/mol. The van der Waals surface area contributed by atoms with Gasteiger partial charge in [0.1, 0.15) is 0 Å².